The lowest BCUT2D eigenvalue weighted by molar-refractivity contribution is 0.0565. The average molecular weight is 293 g/mol. The van der Waals surface area contributed by atoms with E-state index in [1.807, 2.05) is 13.8 Å². The van der Waals surface area contributed by atoms with E-state index in [4.69, 9.17) is 0 Å². The molecule has 3 N–H and O–H groups in total. The number of rotatable bonds is 5. The second-order valence-corrected chi connectivity index (χ2v) is 6.23. The Bertz CT molecular complexity index is 527. The molecule has 21 heavy (non-hydrogen) atoms. The summed E-state index contributed by atoms with van der Waals surface area (Å²) in [6.45, 7) is 4.16. The van der Waals surface area contributed by atoms with Gasteiger partial charge in [-0.2, -0.15) is 5.10 Å². The molecule has 0 bridgehead atoms. The zero-order valence-corrected chi connectivity index (χ0v) is 12.6. The van der Waals surface area contributed by atoms with E-state index >= 15 is 0 Å². The van der Waals surface area contributed by atoms with Crippen LogP contribution in [0.4, 0.5) is 0 Å². The van der Waals surface area contributed by atoms with Crippen molar-refractivity contribution in [2.45, 2.75) is 45.6 Å². The fraction of sp³-hybridized carbons (Fsp3) is 0.667. The molecule has 0 aliphatic heterocycles. The van der Waals surface area contributed by atoms with Gasteiger partial charge in [0.25, 0.3) is 11.5 Å². The van der Waals surface area contributed by atoms with Gasteiger partial charge >= 0.3 is 0 Å². The lowest BCUT2D eigenvalue weighted by Gasteiger charge is -2.39. The van der Waals surface area contributed by atoms with Gasteiger partial charge < -0.3 is 10.4 Å². The molecule has 0 radical (unpaired) electrons. The van der Waals surface area contributed by atoms with E-state index < -0.39 is 0 Å². The number of hydrogen-bond acceptors (Lipinski definition) is 4. The molecular formula is C15H23N3O3. The van der Waals surface area contributed by atoms with Gasteiger partial charge in [-0.3, -0.25) is 9.59 Å². The van der Waals surface area contributed by atoms with Crippen LogP contribution in [0.3, 0.4) is 0 Å². The summed E-state index contributed by atoms with van der Waals surface area (Å²) in [4.78, 5) is 23.3. The van der Waals surface area contributed by atoms with Crippen molar-refractivity contribution in [3.8, 4) is 0 Å². The van der Waals surface area contributed by atoms with E-state index in [0.29, 0.717) is 0 Å². The molecule has 0 aromatic carbocycles. The first-order valence-electron chi connectivity index (χ1n) is 7.46. The third-order valence-corrected chi connectivity index (χ3v) is 4.44. The predicted octanol–water partition coefficient (Wildman–Crippen LogP) is 1.08. The first-order chi connectivity index (χ1) is 9.98. The Kier molecular flexibility index (Phi) is 4.77. The normalized spacial score (nSPS) is 18.7. The van der Waals surface area contributed by atoms with Crippen LogP contribution < -0.4 is 10.9 Å². The topological polar surface area (TPSA) is 95.1 Å². The van der Waals surface area contributed by atoms with Crippen molar-refractivity contribution in [2.75, 3.05) is 6.61 Å². The van der Waals surface area contributed by atoms with Crippen LogP contribution in [0.5, 0.6) is 0 Å². The highest BCUT2D eigenvalue weighted by Crippen LogP contribution is 2.43. The van der Waals surface area contributed by atoms with Gasteiger partial charge in [0.05, 0.1) is 6.61 Å². The van der Waals surface area contributed by atoms with E-state index in [9.17, 15) is 14.7 Å². The Morgan fingerprint density at radius 3 is 2.57 bits per heavy atom. The van der Waals surface area contributed by atoms with Gasteiger partial charge in [0, 0.05) is 17.5 Å². The van der Waals surface area contributed by atoms with Gasteiger partial charge in [-0.1, -0.05) is 26.7 Å². The predicted molar refractivity (Wildman–Crippen MR) is 78.9 cm³/mol. The summed E-state index contributed by atoms with van der Waals surface area (Å²) >= 11 is 0. The second-order valence-electron chi connectivity index (χ2n) is 6.23. The third kappa shape index (κ3) is 3.32. The Morgan fingerprint density at radius 1 is 1.43 bits per heavy atom. The molecule has 116 valence electrons. The molecule has 1 aromatic rings. The Hall–Kier alpha value is -1.69. The van der Waals surface area contributed by atoms with Crippen molar-refractivity contribution in [3.63, 3.8) is 0 Å². The van der Waals surface area contributed by atoms with Crippen molar-refractivity contribution in [1.82, 2.24) is 15.5 Å². The summed E-state index contributed by atoms with van der Waals surface area (Å²) in [5.41, 5.74) is -0.396. The summed E-state index contributed by atoms with van der Waals surface area (Å²) in [5.74, 6) is -0.105. The first kappa shape index (κ1) is 15.7. The molecule has 1 aliphatic carbocycles. The highest BCUT2D eigenvalue weighted by atomic mass is 16.3. The lowest BCUT2D eigenvalue weighted by Crippen LogP contribution is -2.51. The molecule has 6 nitrogen and oxygen atoms in total. The van der Waals surface area contributed by atoms with Crippen LogP contribution in [-0.4, -0.2) is 33.9 Å². The maximum Gasteiger partial charge on any atom is 0.271 e. The minimum atomic E-state index is -0.338. The second kappa shape index (κ2) is 6.39. The molecule has 1 fully saturated rings. The molecule has 6 heteroatoms. The largest absolute Gasteiger partial charge is 0.396 e. The monoisotopic (exact) mass is 293 g/mol. The third-order valence-electron chi connectivity index (χ3n) is 4.44. The van der Waals surface area contributed by atoms with Crippen molar-refractivity contribution in [3.05, 3.63) is 28.2 Å². The first-order valence-corrected chi connectivity index (χ1v) is 7.46. The van der Waals surface area contributed by atoms with Crippen molar-refractivity contribution in [1.29, 1.82) is 0 Å². The van der Waals surface area contributed by atoms with E-state index in [0.717, 1.165) is 25.7 Å². The highest BCUT2D eigenvalue weighted by Gasteiger charge is 2.43. The number of H-pyrrole nitrogens is 1. The molecule has 1 heterocycles. The number of aliphatic hydroxyl groups excluding tert-OH is 1. The maximum absolute atomic E-state index is 12.3. The van der Waals surface area contributed by atoms with Gasteiger partial charge in [-0.15, -0.1) is 0 Å². The number of aliphatic hydroxyl groups is 1. The molecule has 1 aliphatic rings. The standard InChI is InChI=1S/C15H23N3O3/c1-10(2)13(15(9-19)7-3-4-8-15)16-14(21)11-5-6-12(20)18-17-11/h5-6,10,13,19H,3-4,7-9H2,1-2H3,(H,16,21)(H,18,20). The van der Waals surface area contributed by atoms with E-state index in [-0.39, 0.29) is 41.1 Å². The number of amides is 1. The van der Waals surface area contributed by atoms with E-state index in [1.54, 1.807) is 0 Å². The number of nitrogens with one attached hydrogen (secondary N) is 2. The smallest absolute Gasteiger partial charge is 0.271 e. The van der Waals surface area contributed by atoms with Crippen LogP contribution in [0.1, 0.15) is 50.0 Å². The minimum Gasteiger partial charge on any atom is -0.396 e. The number of aromatic amines is 1. The molecule has 1 saturated carbocycles. The fourth-order valence-corrected chi connectivity index (χ4v) is 3.36. The summed E-state index contributed by atoms with van der Waals surface area (Å²) in [5, 5.41) is 18.9. The minimum absolute atomic E-state index is 0.0785. The van der Waals surface area contributed by atoms with Crippen LogP contribution >= 0.6 is 0 Å². The summed E-state index contributed by atoms with van der Waals surface area (Å²) in [6, 6.07) is 2.58. The molecule has 1 amide bonds. The summed E-state index contributed by atoms with van der Waals surface area (Å²) < 4.78 is 0. The van der Waals surface area contributed by atoms with Crippen molar-refractivity contribution in [2.24, 2.45) is 11.3 Å². The Morgan fingerprint density at radius 2 is 2.10 bits per heavy atom. The Balaban J connectivity index is 2.18. The average Bonchev–Trinajstić information content (AvgIpc) is 2.94. The van der Waals surface area contributed by atoms with E-state index in [2.05, 4.69) is 15.5 Å². The van der Waals surface area contributed by atoms with Gasteiger partial charge in [0.2, 0.25) is 0 Å². The number of carbonyl (C=O) groups is 1. The number of nitrogens with zero attached hydrogens (tertiary/aromatic N) is 1. The molecule has 1 unspecified atom stereocenters. The van der Waals surface area contributed by atoms with Gasteiger partial charge in [0.15, 0.2) is 0 Å². The van der Waals surface area contributed by atoms with Gasteiger partial charge in [-0.25, -0.2) is 5.10 Å². The molecule has 1 atom stereocenters. The van der Waals surface area contributed by atoms with Crippen LogP contribution in [0.2, 0.25) is 0 Å². The quantitative estimate of drug-likeness (QED) is 0.757. The lowest BCUT2D eigenvalue weighted by atomic mass is 9.74. The molecule has 0 saturated heterocycles. The van der Waals surface area contributed by atoms with E-state index in [1.165, 1.54) is 12.1 Å². The molecule has 0 spiro atoms. The van der Waals surface area contributed by atoms with Gasteiger partial charge in [-0.05, 0) is 24.8 Å². The van der Waals surface area contributed by atoms with Crippen LogP contribution in [0.15, 0.2) is 16.9 Å². The number of carbonyl (C=O) groups excluding carboxylic acids is 1. The van der Waals surface area contributed by atoms with Crippen LogP contribution in [0.25, 0.3) is 0 Å². The maximum atomic E-state index is 12.3. The number of aromatic nitrogens is 2. The summed E-state index contributed by atoms with van der Waals surface area (Å²) in [6.07, 6.45) is 4.00. The van der Waals surface area contributed by atoms with Crippen LogP contribution in [-0.2, 0) is 0 Å². The fourth-order valence-electron chi connectivity index (χ4n) is 3.36. The zero-order chi connectivity index (χ0) is 15.5. The van der Waals surface area contributed by atoms with Crippen molar-refractivity contribution < 1.29 is 9.90 Å². The number of hydrogen-bond donors (Lipinski definition) is 3. The zero-order valence-electron chi connectivity index (χ0n) is 12.6. The van der Waals surface area contributed by atoms with Crippen molar-refractivity contribution >= 4 is 5.91 Å². The van der Waals surface area contributed by atoms with Crippen LogP contribution in [0, 0.1) is 11.3 Å². The molecule has 2 rings (SSSR count). The SMILES string of the molecule is CC(C)C(NC(=O)c1ccc(=O)[nH]n1)C1(CO)CCCC1. The van der Waals surface area contributed by atoms with Gasteiger partial charge in [0.1, 0.15) is 5.69 Å². The molecule has 1 aromatic heterocycles. The molecular weight excluding hydrogens is 270 g/mol. The summed E-state index contributed by atoms with van der Waals surface area (Å²) in [7, 11) is 0. The highest BCUT2D eigenvalue weighted by molar-refractivity contribution is 5.92. The Labute approximate surface area is 124 Å².